The average molecular weight is 1020 g/mol. The van der Waals surface area contributed by atoms with E-state index < -0.39 is 6.10 Å². The Hall–Kier alpha value is -3.67. The number of unbranched alkanes of at least 4 members (excludes halogenated alkanes) is 28. The Morgan fingerprint density at radius 3 is 0.918 bits per heavy atom. The fourth-order valence-electron chi connectivity index (χ4n) is 8.46. The SMILES string of the molecule is CC/C=C\C/C=C\C/C=C\C/C=C\CCC(=O)OCC(COC(=O)CCCCCCCCCCC/C=C\C/C=C\CCCCCCC)OC(=O)CCCCCCCCCCC/C=C\C/C=C\CCCCCCC. The highest BCUT2D eigenvalue weighted by Gasteiger charge is 2.19. The standard InChI is InChI=1S/C67H114O6/c1-4-7-10-13-16-19-22-25-27-29-31-33-35-37-39-42-45-48-51-54-57-60-66(69)72-63-64(62-71-65(68)59-56-53-50-47-44-41-24-21-18-15-12-9-6-3)73-67(70)61-58-55-52-49-46-43-40-38-36-34-32-30-28-26-23-20-17-14-11-8-5-2/h9,12,18,21-23,25-26,29-32,41,44,50,53,64H,4-8,10-11,13-17,19-20,24,27-28,33-40,42-43,45-49,51-52,54-63H2,1-3H3/b12-9-,21-18-,25-22-,26-23-,31-29-,32-30-,44-41-,53-50-. The van der Waals surface area contributed by atoms with E-state index in [1.54, 1.807) is 0 Å². The van der Waals surface area contributed by atoms with E-state index in [0.717, 1.165) is 77.0 Å². The summed E-state index contributed by atoms with van der Waals surface area (Å²) in [5, 5.41) is 0. The topological polar surface area (TPSA) is 78.9 Å². The van der Waals surface area contributed by atoms with Crippen molar-refractivity contribution in [2.75, 3.05) is 13.2 Å². The molecule has 0 saturated heterocycles. The highest BCUT2D eigenvalue weighted by Crippen LogP contribution is 2.15. The van der Waals surface area contributed by atoms with E-state index in [1.807, 2.05) is 6.08 Å². The Balaban J connectivity index is 4.40. The molecule has 0 heterocycles. The van der Waals surface area contributed by atoms with Crippen LogP contribution in [-0.2, 0) is 28.6 Å². The van der Waals surface area contributed by atoms with Crippen molar-refractivity contribution in [2.24, 2.45) is 0 Å². The number of carbonyl (C=O) groups excluding carboxylic acids is 3. The highest BCUT2D eigenvalue weighted by atomic mass is 16.6. The Morgan fingerprint density at radius 1 is 0.288 bits per heavy atom. The van der Waals surface area contributed by atoms with Crippen LogP contribution in [0.2, 0.25) is 0 Å². The molecule has 0 radical (unpaired) electrons. The molecular weight excluding hydrogens is 901 g/mol. The summed E-state index contributed by atoms with van der Waals surface area (Å²) in [4.78, 5) is 38.2. The highest BCUT2D eigenvalue weighted by molar-refractivity contribution is 5.71. The average Bonchev–Trinajstić information content (AvgIpc) is 3.39. The van der Waals surface area contributed by atoms with Gasteiger partial charge in [-0.05, 0) is 109 Å². The van der Waals surface area contributed by atoms with E-state index >= 15 is 0 Å². The molecule has 0 fully saturated rings. The summed E-state index contributed by atoms with van der Waals surface area (Å²) in [5.41, 5.74) is 0. The van der Waals surface area contributed by atoms with Crippen LogP contribution in [0.25, 0.3) is 0 Å². The van der Waals surface area contributed by atoms with Gasteiger partial charge in [0.1, 0.15) is 13.2 Å². The zero-order chi connectivity index (χ0) is 52.9. The van der Waals surface area contributed by atoms with Gasteiger partial charge in [0.2, 0.25) is 0 Å². The molecule has 1 unspecified atom stereocenters. The molecular formula is C67H114O6. The third-order valence-corrected chi connectivity index (χ3v) is 13.1. The molecule has 6 heteroatoms. The molecule has 0 spiro atoms. The van der Waals surface area contributed by atoms with E-state index in [1.165, 1.54) is 167 Å². The van der Waals surface area contributed by atoms with Gasteiger partial charge in [-0.2, -0.15) is 0 Å². The molecule has 0 saturated carbocycles. The van der Waals surface area contributed by atoms with Crippen LogP contribution in [0.3, 0.4) is 0 Å². The molecule has 0 aromatic rings. The van der Waals surface area contributed by atoms with E-state index in [9.17, 15) is 14.4 Å². The third-order valence-electron chi connectivity index (χ3n) is 13.1. The van der Waals surface area contributed by atoms with Crippen molar-refractivity contribution in [3.8, 4) is 0 Å². The lowest BCUT2D eigenvalue weighted by Gasteiger charge is -2.18. The maximum absolute atomic E-state index is 12.9. The van der Waals surface area contributed by atoms with Crippen molar-refractivity contribution in [2.45, 2.75) is 297 Å². The summed E-state index contributed by atoms with van der Waals surface area (Å²) in [5.74, 6) is -0.990. The van der Waals surface area contributed by atoms with Gasteiger partial charge in [-0.25, -0.2) is 0 Å². The maximum atomic E-state index is 12.9. The van der Waals surface area contributed by atoms with Crippen LogP contribution >= 0.6 is 0 Å². The quantitative estimate of drug-likeness (QED) is 0.0261. The number of allylic oxidation sites excluding steroid dienone is 16. The normalized spacial score (nSPS) is 12.8. The van der Waals surface area contributed by atoms with Gasteiger partial charge < -0.3 is 14.2 Å². The van der Waals surface area contributed by atoms with Gasteiger partial charge in [0, 0.05) is 19.3 Å². The van der Waals surface area contributed by atoms with Crippen LogP contribution in [0.5, 0.6) is 0 Å². The van der Waals surface area contributed by atoms with Crippen LogP contribution < -0.4 is 0 Å². The van der Waals surface area contributed by atoms with Crippen LogP contribution in [0, 0.1) is 0 Å². The van der Waals surface area contributed by atoms with Gasteiger partial charge >= 0.3 is 17.9 Å². The largest absolute Gasteiger partial charge is 0.462 e. The molecule has 1 atom stereocenters. The smallest absolute Gasteiger partial charge is 0.306 e. The zero-order valence-corrected chi connectivity index (χ0v) is 47.9. The summed E-state index contributed by atoms with van der Waals surface area (Å²) < 4.78 is 16.8. The predicted octanol–water partition coefficient (Wildman–Crippen LogP) is 20.9. The van der Waals surface area contributed by atoms with Crippen molar-refractivity contribution in [1.82, 2.24) is 0 Å². The lowest BCUT2D eigenvalue weighted by atomic mass is 10.1. The first-order valence-electron chi connectivity index (χ1n) is 30.7. The van der Waals surface area contributed by atoms with Crippen molar-refractivity contribution < 1.29 is 28.6 Å². The number of esters is 3. The van der Waals surface area contributed by atoms with Crippen molar-refractivity contribution >= 4 is 17.9 Å². The Bertz CT molecular complexity index is 1440. The molecule has 0 rings (SSSR count). The van der Waals surface area contributed by atoms with E-state index in [4.69, 9.17) is 14.2 Å². The molecule has 0 aliphatic heterocycles. The summed E-state index contributed by atoms with van der Waals surface area (Å²) in [6, 6.07) is 0. The minimum absolute atomic E-state index is 0.103. The lowest BCUT2D eigenvalue weighted by molar-refractivity contribution is -0.166. The van der Waals surface area contributed by atoms with Gasteiger partial charge in [-0.15, -0.1) is 0 Å². The van der Waals surface area contributed by atoms with Crippen LogP contribution in [0.1, 0.15) is 290 Å². The van der Waals surface area contributed by atoms with Crippen LogP contribution in [0.4, 0.5) is 0 Å². The van der Waals surface area contributed by atoms with Gasteiger partial charge in [0.15, 0.2) is 6.10 Å². The fraction of sp³-hybridized carbons (Fsp3) is 0.716. The Labute approximate surface area is 451 Å². The molecule has 73 heavy (non-hydrogen) atoms. The molecule has 0 aromatic heterocycles. The van der Waals surface area contributed by atoms with Crippen molar-refractivity contribution in [1.29, 1.82) is 0 Å². The molecule has 0 N–H and O–H groups in total. The van der Waals surface area contributed by atoms with Gasteiger partial charge in [0.05, 0.1) is 0 Å². The molecule has 0 bridgehead atoms. The van der Waals surface area contributed by atoms with E-state index in [0.29, 0.717) is 19.3 Å². The molecule has 0 aliphatic rings. The van der Waals surface area contributed by atoms with Crippen LogP contribution in [0.15, 0.2) is 97.2 Å². The second-order valence-electron chi connectivity index (χ2n) is 20.2. The second-order valence-corrected chi connectivity index (χ2v) is 20.2. The number of carbonyl (C=O) groups is 3. The molecule has 0 aliphatic carbocycles. The van der Waals surface area contributed by atoms with Gasteiger partial charge in [0.25, 0.3) is 0 Å². The summed E-state index contributed by atoms with van der Waals surface area (Å²) in [7, 11) is 0. The number of hydrogen-bond donors (Lipinski definition) is 0. The fourth-order valence-corrected chi connectivity index (χ4v) is 8.46. The molecule has 6 nitrogen and oxygen atoms in total. The van der Waals surface area contributed by atoms with E-state index in [2.05, 4.69) is 112 Å². The van der Waals surface area contributed by atoms with Crippen molar-refractivity contribution in [3.63, 3.8) is 0 Å². The van der Waals surface area contributed by atoms with E-state index in [-0.39, 0.29) is 37.5 Å². The minimum atomic E-state index is -0.812. The monoisotopic (exact) mass is 1010 g/mol. The minimum Gasteiger partial charge on any atom is -0.462 e. The Kier molecular flexibility index (Phi) is 57.8. The van der Waals surface area contributed by atoms with Gasteiger partial charge in [-0.1, -0.05) is 259 Å². The maximum Gasteiger partial charge on any atom is 0.306 e. The summed E-state index contributed by atoms with van der Waals surface area (Å²) in [6.45, 7) is 6.45. The first-order chi connectivity index (χ1) is 36.0. The number of rotatable bonds is 55. The second kappa shape index (κ2) is 60.9. The molecule has 0 aromatic carbocycles. The van der Waals surface area contributed by atoms with Gasteiger partial charge in [-0.3, -0.25) is 14.4 Å². The first kappa shape index (κ1) is 69.3. The Morgan fingerprint density at radius 2 is 0.562 bits per heavy atom. The first-order valence-corrected chi connectivity index (χ1v) is 30.7. The number of ether oxygens (including phenoxy) is 3. The molecule has 0 amide bonds. The molecule has 418 valence electrons. The lowest BCUT2D eigenvalue weighted by Crippen LogP contribution is -2.30. The predicted molar refractivity (Wildman–Crippen MR) is 316 cm³/mol. The third kappa shape index (κ3) is 59.1. The summed E-state index contributed by atoms with van der Waals surface area (Å²) >= 11 is 0. The van der Waals surface area contributed by atoms with Crippen molar-refractivity contribution in [3.05, 3.63) is 97.2 Å². The van der Waals surface area contributed by atoms with Crippen LogP contribution in [-0.4, -0.2) is 37.2 Å². The summed E-state index contributed by atoms with van der Waals surface area (Å²) in [6.07, 6.45) is 81.4. The zero-order valence-electron chi connectivity index (χ0n) is 47.9. The number of hydrogen-bond acceptors (Lipinski definition) is 6.